The van der Waals surface area contributed by atoms with Gasteiger partial charge < -0.3 is 10.1 Å². The number of hydrogen-bond donors (Lipinski definition) is 1. The molecule has 0 aliphatic carbocycles. The molecule has 10 heavy (non-hydrogen) atoms. The molecule has 1 aromatic rings. The van der Waals surface area contributed by atoms with E-state index < -0.39 is 0 Å². The van der Waals surface area contributed by atoms with Crippen LogP contribution in [0.2, 0.25) is 0 Å². The van der Waals surface area contributed by atoms with Gasteiger partial charge in [-0.1, -0.05) is 6.07 Å². The van der Waals surface area contributed by atoms with Gasteiger partial charge in [-0.05, 0) is 18.5 Å². The largest absolute Gasteiger partial charge is 0.306 e. The minimum Gasteiger partial charge on any atom is -0.306 e. The average Bonchev–Trinajstić information content (AvgIpc) is 2.43. The highest BCUT2D eigenvalue weighted by atomic mass is 32.1. The Morgan fingerprint density at radius 2 is 2.60 bits per heavy atom. The number of carbonyl (C=O) groups is 1. The molecule has 0 spiro atoms. The number of hydrogen-bond acceptors (Lipinski definition) is 3. The molecule has 0 fully saturated rings. The molecule has 0 radical (unpaired) electrons. The van der Waals surface area contributed by atoms with Crippen molar-refractivity contribution in [1.29, 1.82) is 0 Å². The fourth-order valence-corrected chi connectivity index (χ4v) is 1.54. The van der Waals surface area contributed by atoms with E-state index in [0.717, 1.165) is 11.2 Å². The van der Waals surface area contributed by atoms with Gasteiger partial charge >= 0.3 is 0 Å². The molecule has 54 valence electrons. The minimum absolute atomic E-state index is 0.125. The predicted octanol–water partition coefficient (Wildman–Crippen LogP) is 1.21. The summed E-state index contributed by atoms with van der Waals surface area (Å²) in [5.74, 6) is 0. The molecule has 0 aliphatic rings. The molecule has 1 aromatic heterocycles. The van der Waals surface area contributed by atoms with Gasteiger partial charge in [-0.3, -0.25) is 0 Å². The molecular formula is C7H9NOS. The smallest absolute Gasteiger partial charge is 0.142 e. The quantitative estimate of drug-likeness (QED) is 0.665. The molecule has 1 heterocycles. The molecule has 1 unspecified atom stereocenters. The van der Waals surface area contributed by atoms with Gasteiger partial charge in [0.05, 0.1) is 6.04 Å². The van der Waals surface area contributed by atoms with Crippen LogP contribution in [0, 0.1) is 0 Å². The summed E-state index contributed by atoms with van der Waals surface area (Å²) in [7, 11) is 1.78. The first-order valence-corrected chi connectivity index (χ1v) is 3.92. The van der Waals surface area contributed by atoms with E-state index >= 15 is 0 Å². The van der Waals surface area contributed by atoms with Crippen molar-refractivity contribution >= 4 is 17.6 Å². The lowest BCUT2D eigenvalue weighted by Crippen LogP contribution is -2.15. The molecule has 0 aromatic carbocycles. The molecule has 2 nitrogen and oxygen atoms in total. The first-order chi connectivity index (χ1) is 4.88. The van der Waals surface area contributed by atoms with E-state index in [0.29, 0.717) is 0 Å². The Morgan fingerprint density at radius 3 is 3.00 bits per heavy atom. The van der Waals surface area contributed by atoms with E-state index in [9.17, 15) is 4.79 Å². The van der Waals surface area contributed by atoms with E-state index in [1.54, 1.807) is 18.4 Å². The number of nitrogens with one attached hydrogen (secondary N) is 1. The van der Waals surface area contributed by atoms with Gasteiger partial charge in [0.1, 0.15) is 6.29 Å². The molecule has 1 N–H and O–H groups in total. The third-order valence-corrected chi connectivity index (χ3v) is 2.25. The Balaban J connectivity index is 2.73. The van der Waals surface area contributed by atoms with Crippen LogP contribution in [0.25, 0.3) is 0 Å². The van der Waals surface area contributed by atoms with E-state index in [1.165, 1.54) is 0 Å². The third-order valence-electron chi connectivity index (χ3n) is 1.30. The Morgan fingerprint density at radius 1 is 1.80 bits per heavy atom. The highest BCUT2D eigenvalue weighted by Gasteiger charge is 2.06. The lowest BCUT2D eigenvalue weighted by molar-refractivity contribution is -0.109. The number of carbonyl (C=O) groups excluding carboxylic acids is 1. The monoisotopic (exact) mass is 155 g/mol. The topological polar surface area (TPSA) is 29.1 Å². The van der Waals surface area contributed by atoms with Crippen LogP contribution in [0.1, 0.15) is 10.9 Å². The fraction of sp³-hybridized carbons (Fsp3) is 0.286. The summed E-state index contributed by atoms with van der Waals surface area (Å²) in [6, 6.07) is 3.76. The lowest BCUT2D eigenvalue weighted by atomic mass is 10.3. The van der Waals surface area contributed by atoms with Gasteiger partial charge in [-0.2, -0.15) is 0 Å². The van der Waals surface area contributed by atoms with Crippen LogP contribution in [0.4, 0.5) is 0 Å². The molecule has 3 heteroatoms. The molecular weight excluding hydrogens is 146 g/mol. The summed E-state index contributed by atoms with van der Waals surface area (Å²) in [5.41, 5.74) is 0. The number of aldehydes is 1. The molecule has 1 atom stereocenters. The SMILES string of the molecule is CNC(C=O)c1cccs1. The molecule has 0 saturated heterocycles. The maximum absolute atomic E-state index is 10.4. The first-order valence-electron chi connectivity index (χ1n) is 3.04. The second-order valence-electron chi connectivity index (χ2n) is 1.92. The molecule has 0 bridgehead atoms. The van der Waals surface area contributed by atoms with Crippen LogP contribution in [0.5, 0.6) is 0 Å². The van der Waals surface area contributed by atoms with Crippen molar-refractivity contribution in [2.24, 2.45) is 0 Å². The Labute approximate surface area is 63.9 Å². The molecule has 0 saturated carbocycles. The standard InChI is InChI=1S/C7H9NOS/c1-8-6(5-9)7-3-2-4-10-7/h2-6,8H,1H3. The highest BCUT2D eigenvalue weighted by molar-refractivity contribution is 7.10. The van der Waals surface area contributed by atoms with Crippen molar-refractivity contribution in [2.45, 2.75) is 6.04 Å². The zero-order valence-electron chi connectivity index (χ0n) is 5.70. The zero-order chi connectivity index (χ0) is 7.40. The van der Waals surface area contributed by atoms with Gasteiger partial charge in [-0.15, -0.1) is 11.3 Å². The van der Waals surface area contributed by atoms with Crippen molar-refractivity contribution in [3.63, 3.8) is 0 Å². The first kappa shape index (κ1) is 7.44. The second-order valence-corrected chi connectivity index (χ2v) is 2.90. The molecule has 0 amide bonds. The zero-order valence-corrected chi connectivity index (χ0v) is 6.52. The van der Waals surface area contributed by atoms with Gasteiger partial charge in [0.2, 0.25) is 0 Å². The molecule has 1 rings (SSSR count). The van der Waals surface area contributed by atoms with Crippen molar-refractivity contribution < 1.29 is 4.79 Å². The van der Waals surface area contributed by atoms with Crippen LogP contribution in [0.15, 0.2) is 17.5 Å². The van der Waals surface area contributed by atoms with Crippen LogP contribution >= 0.6 is 11.3 Å². The predicted molar refractivity (Wildman–Crippen MR) is 42.2 cm³/mol. The van der Waals surface area contributed by atoms with Crippen molar-refractivity contribution in [3.8, 4) is 0 Å². The fourth-order valence-electron chi connectivity index (χ4n) is 0.746. The van der Waals surface area contributed by atoms with Crippen molar-refractivity contribution in [1.82, 2.24) is 5.32 Å². The number of rotatable bonds is 3. The minimum atomic E-state index is -0.125. The van der Waals surface area contributed by atoms with Crippen LogP contribution in [-0.4, -0.2) is 13.3 Å². The average molecular weight is 155 g/mol. The van der Waals surface area contributed by atoms with E-state index in [4.69, 9.17) is 0 Å². The lowest BCUT2D eigenvalue weighted by Gasteiger charge is -2.03. The number of likely N-dealkylation sites (N-methyl/N-ethyl adjacent to an activating group) is 1. The van der Waals surface area contributed by atoms with E-state index in [-0.39, 0.29) is 6.04 Å². The van der Waals surface area contributed by atoms with Gasteiger partial charge in [0, 0.05) is 4.88 Å². The maximum Gasteiger partial charge on any atom is 0.142 e. The summed E-state index contributed by atoms with van der Waals surface area (Å²) >= 11 is 1.59. The van der Waals surface area contributed by atoms with Gasteiger partial charge in [0.25, 0.3) is 0 Å². The van der Waals surface area contributed by atoms with Gasteiger partial charge in [0.15, 0.2) is 0 Å². The Bertz CT molecular complexity index is 195. The summed E-state index contributed by atoms with van der Waals surface area (Å²) in [6.07, 6.45) is 0.909. The Hall–Kier alpha value is -0.670. The van der Waals surface area contributed by atoms with Crippen LogP contribution < -0.4 is 5.32 Å². The van der Waals surface area contributed by atoms with Crippen molar-refractivity contribution in [2.75, 3.05) is 7.05 Å². The van der Waals surface area contributed by atoms with Crippen LogP contribution in [-0.2, 0) is 4.79 Å². The second kappa shape index (κ2) is 3.49. The third kappa shape index (κ3) is 1.43. The van der Waals surface area contributed by atoms with Gasteiger partial charge in [-0.25, -0.2) is 0 Å². The van der Waals surface area contributed by atoms with Crippen LogP contribution in [0.3, 0.4) is 0 Å². The summed E-state index contributed by atoms with van der Waals surface area (Å²) in [6.45, 7) is 0. The maximum atomic E-state index is 10.4. The number of thiophene rings is 1. The van der Waals surface area contributed by atoms with Crippen molar-refractivity contribution in [3.05, 3.63) is 22.4 Å². The van der Waals surface area contributed by atoms with E-state index in [1.807, 2.05) is 17.5 Å². The summed E-state index contributed by atoms with van der Waals surface area (Å²) in [5, 5.41) is 4.86. The normalized spacial score (nSPS) is 12.9. The summed E-state index contributed by atoms with van der Waals surface area (Å²) in [4.78, 5) is 11.4. The van der Waals surface area contributed by atoms with E-state index in [2.05, 4.69) is 5.32 Å². The highest BCUT2D eigenvalue weighted by Crippen LogP contribution is 2.15. The Kier molecular flexibility index (Phi) is 2.59. The molecule has 0 aliphatic heterocycles. The summed E-state index contributed by atoms with van der Waals surface area (Å²) < 4.78 is 0.